The lowest BCUT2D eigenvalue weighted by atomic mass is 10.2. The van der Waals surface area contributed by atoms with Gasteiger partial charge in [-0.1, -0.05) is 28.1 Å². The van der Waals surface area contributed by atoms with Crippen LogP contribution in [0.2, 0.25) is 0 Å². The van der Waals surface area contributed by atoms with Crippen molar-refractivity contribution in [2.45, 2.75) is 11.4 Å². The quantitative estimate of drug-likeness (QED) is 0.664. The number of carbonyl (C=O) groups excluding carboxylic acids is 1. The Labute approximate surface area is 102 Å². The van der Waals surface area contributed by atoms with E-state index in [1.54, 1.807) is 12.1 Å². The number of methoxy groups -OCH3 is 1. The highest BCUT2D eigenvalue weighted by Gasteiger charge is 2.13. The molecule has 0 heterocycles. The van der Waals surface area contributed by atoms with Crippen LogP contribution in [-0.2, 0) is 16.1 Å². The van der Waals surface area contributed by atoms with Crippen LogP contribution in [0.25, 0.3) is 0 Å². The van der Waals surface area contributed by atoms with Crippen molar-refractivity contribution in [2.75, 3.05) is 13.7 Å². The minimum atomic E-state index is -0.363. The van der Waals surface area contributed by atoms with Crippen LogP contribution >= 0.6 is 15.9 Å². The van der Waals surface area contributed by atoms with Crippen LogP contribution in [0.1, 0.15) is 5.56 Å². The van der Waals surface area contributed by atoms with E-state index in [1.807, 2.05) is 0 Å². The molecule has 1 unspecified atom stereocenters. The van der Waals surface area contributed by atoms with E-state index in [1.165, 1.54) is 19.2 Å². The summed E-state index contributed by atoms with van der Waals surface area (Å²) in [6, 6.07) is 6.21. The van der Waals surface area contributed by atoms with Crippen molar-refractivity contribution in [2.24, 2.45) is 0 Å². The van der Waals surface area contributed by atoms with Crippen molar-refractivity contribution in [1.82, 2.24) is 5.32 Å². The van der Waals surface area contributed by atoms with Crippen LogP contribution < -0.4 is 5.32 Å². The fourth-order valence-electron chi connectivity index (χ4n) is 1.16. The maximum atomic E-state index is 12.6. The number of benzene rings is 1. The van der Waals surface area contributed by atoms with E-state index in [-0.39, 0.29) is 16.6 Å². The van der Waals surface area contributed by atoms with E-state index in [0.29, 0.717) is 13.1 Å². The molecule has 0 aliphatic rings. The SMILES string of the molecule is COC(=O)C(Br)CNCc1ccc(F)cc1. The third kappa shape index (κ3) is 4.28. The number of halogens is 2. The Morgan fingerprint density at radius 3 is 2.69 bits per heavy atom. The summed E-state index contributed by atoms with van der Waals surface area (Å²) < 4.78 is 17.2. The molecule has 0 saturated carbocycles. The molecule has 88 valence electrons. The Bertz CT molecular complexity index is 342. The normalized spacial score (nSPS) is 12.2. The molecule has 0 aliphatic carbocycles. The lowest BCUT2D eigenvalue weighted by molar-refractivity contribution is -0.139. The highest BCUT2D eigenvalue weighted by atomic mass is 79.9. The number of hydrogen-bond acceptors (Lipinski definition) is 3. The molecule has 1 N–H and O–H groups in total. The Morgan fingerprint density at radius 1 is 1.50 bits per heavy atom. The van der Waals surface area contributed by atoms with Gasteiger partial charge in [0.05, 0.1) is 7.11 Å². The molecule has 1 rings (SSSR count). The van der Waals surface area contributed by atoms with Crippen LogP contribution in [0.5, 0.6) is 0 Å². The summed E-state index contributed by atoms with van der Waals surface area (Å²) in [7, 11) is 1.34. The number of carbonyl (C=O) groups is 1. The molecular formula is C11H13BrFNO2. The molecule has 0 radical (unpaired) electrons. The van der Waals surface area contributed by atoms with Gasteiger partial charge in [0.25, 0.3) is 0 Å². The maximum absolute atomic E-state index is 12.6. The molecule has 0 spiro atoms. The second-order valence-electron chi connectivity index (χ2n) is 3.25. The Hall–Kier alpha value is -0.940. The molecule has 1 aromatic carbocycles. The van der Waals surface area contributed by atoms with Crippen molar-refractivity contribution >= 4 is 21.9 Å². The van der Waals surface area contributed by atoms with Crippen LogP contribution in [-0.4, -0.2) is 24.5 Å². The van der Waals surface area contributed by atoms with Crippen molar-refractivity contribution in [3.8, 4) is 0 Å². The summed E-state index contributed by atoms with van der Waals surface area (Å²) in [5.74, 6) is -0.566. The second kappa shape index (κ2) is 6.60. The van der Waals surface area contributed by atoms with Crippen LogP contribution in [0.3, 0.4) is 0 Å². The molecule has 0 saturated heterocycles. The van der Waals surface area contributed by atoms with E-state index < -0.39 is 0 Å². The van der Waals surface area contributed by atoms with E-state index in [4.69, 9.17) is 0 Å². The zero-order valence-corrected chi connectivity index (χ0v) is 10.5. The lowest BCUT2D eigenvalue weighted by Crippen LogP contribution is -2.29. The van der Waals surface area contributed by atoms with Crippen molar-refractivity contribution < 1.29 is 13.9 Å². The molecule has 0 aliphatic heterocycles. The van der Waals surface area contributed by atoms with E-state index in [9.17, 15) is 9.18 Å². The molecule has 0 amide bonds. The van der Waals surface area contributed by atoms with Crippen molar-refractivity contribution in [1.29, 1.82) is 0 Å². The standard InChI is InChI=1S/C11H13BrFNO2/c1-16-11(15)10(12)7-14-6-8-2-4-9(13)5-3-8/h2-5,10,14H,6-7H2,1H3. The summed E-state index contributed by atoms with van der Waals surface area (Å²) in [4.78, 5) is 10.7. The molecular weight excluding hydrogens is 277 g/mol. The molecule has 0 bridgehead atoms. The zero-order chi connectivity index (χ0) is 12.0. The fourth-order valence-corrected chi connectivity index (χ4v) is 1.57. The first-order valence-electron chi connectivity index (χ1n) is 4.80. The summed E-state index contributed by atoms with van der Waals surface area (Å²) in [5.41, 5.74) is 0.964. The van der Waals surface area contributed by atoms with Gasteiger partial charge in [0, 0.05) is 13.1 Å². The molecule has 1 aromatic rings. The van der Waals surface area contributed by atoms with Gasteiger partial charge < -0.3 is 10.1 Å². The number of nitrogens with one attached hydrogen (secondary N) is 1. The third-order valence-corrected chi connectivity index (χ3v) is 2.72. The highest BCUT2D eigenvalue weighted by Crippen LogP contribution is 2.04. The maximum Gasteiger partial charge on any atom is 0.320 e. The van der Waals surface area contributed by atoms with Gasteiger partial charge in [-0.3, -0.25) is 4.79 Å². The molecule has 0 fully saturated rings. The van der Waals surface area contributed by atoms with Gasteiger partial charge in [-0.15, -0.1) is 0 Å². The van der Waals surface area contributed by atoms with Crippen LogP contribution in [0.15, 0.2) is 24.3 Å². The predicted molar refractivity (Wildman–Crippen MR) is 62.8 cm³/mol. The highest BCUT2D eigenvalue weighted by molar-refractivity contribution is 9.10. The molecule has 3 nitrogen and oxygen atoms in total. The molecule has 1 atom stereocenters. The summed E-state index contributed by atoms with van der Waals surface area (Å²) in [6.07, 6.45) is 0. The van der Waals surface area contributed by atoms with E-state index in [0.717, 1.165) is 5.56 Å². The first-order chi connectivity index (χ1) is 7.63. The first-order valence-corrected chi connectivity index (χ1v) is 5.72. The van der Waals surface area contributed by atoms with Gasteiger partial charge in [-0.2, -0.15) is 0 Å². The number of hydrogen-bond donors (Lipinski definition) is 1. The van der Waals surface area contributed by atoms with Crippen molar-refractivity contribution in [3.63, 3.8) is 0 Å². The van der Waals surface area contributed by atoms with Crippen molar-refractivity contribution in [3.05, 3.63) is 35.6 Å². The number of alkyl halides is 1. The minimum Gasteiger partial charge on any atom is -0.468 e. The Kier molecular flexibility index (Phi) is 5.42. The Morgan fingerprint density at radius 2 is 2.12 bits per heavy atom. The van der Waals surface area contributed by atoms with Crippen LogP contribution in [0, 0.1) is 5.82 Å². The van der Waals surface area contributed by atoms with E-state index in [2.05, 4.69) is 26.0 Å². The van der Waals surface area contributed by atoms with E-state index >= 15 is 0 Å². The second-order valence-corrected chi connectivity index (χ2v) is 4.35. The largest absolute Gasteiger partial charge is 0.468 e. The monoisotopic (exact) mass is 289 g/mol. The molecule has 0 aromatic heterocycles. The summed E-state index contributed by atoms with van der Waals surface area (Å²) >= 11 is 3.19. The Balaban J connectivity index is 2.30. The average Bonchev–Trinajstić information content (AvgIpc) is 2.30. The van der Waals surface area contributed by atoms with Gasteiger partial charge in [-0.05, 0) is 17.7 Å². The summed E-state index contributed by atoms with van der Waals surface area (Å²) in [6.45, 7) is 1.05. The number of ether oxygens (including phenoxy) is 1. The smallest absolute Gasteiger partial charge is 0.320 e. The average molecular weight is 290 g/mol. The number of esters is 1. The topological polar surface area (TPSA) is 38.3 Å². The van der Waals surface area contributed by atoms with Gasteiger partial charge in [0.1, 0.15) is 10.6 Å². The third-order valence-electron chi connectivity index (χ3n) is 2.02. The van der Waals surface area contributed by atoms with Gasteiger partial charge >= 0.3 is 5.97 Å². The molecule has 16 heavy (non-hydrogen) atoms. The fraction of sp³-hybridized carbons (Fsp3) is 0.364. The van der Waals surface area contributed by atoms with Gasteiger partial charge in [-0.25, -0.2) is 4.39 Å². The molecule has 5 heteroatoms. The predicted octanol–water partition coefficient (Wildman–Crippen LogP) is 1.85. The van der Waals surface area contributed by atoms with Gasteiger partial charge in [0.15, 0.2) is 0 Å². The van der Waals surface area contributed by atoms with Crippen LogP contribution in [0.4, 0.5) is 4.39 Å². The number of rotatable bonds is 5. The summed E-state index contributed by atoms with van der Waals surface area (Å²) in [5, 5.41) is 3.07. The zero-order valence-electron chi connectivity index (χ0n) is 8.87. The lowest BCUT2D eigenvalue weighted by Gasteiger charge is -2.09. The first kappa shape index (κ1) is 13.1. The minimum absolute atomic E-state index is 0.253. The van der Waals surface area contributed by atoms with Gasteiger partial charge in [0.2, 0.25) is 0 Å².